The van der Waals surface area contributed by atoms with Gasteiger partial charge in [0.15, 0.2) is 0 Å². The average molecular weight is 395 g/mol. The van der Waals surface area contributed by atoms with Crippen LogP contribution in [0.4, 0.5) is 21.9 Å². The second-order valence-corrected chi connectivity index (χ2v) is 7.35. The van der Waals surface area contributed by atoms with Crippen molar-refractivity contribution in [2.24, 2.45) is 0 Å². The number of carbonyl (C=O) groups excluding carboxylic acids is 2. The molecular formula is C23H30N4O2. The fourth-order valence-electron chi connectivity index (χ4n) is 3.72. The maximum Gasteiger partial charge on any atom is 0.323 e. The molecule has 154 valence electrons. The molecule has 3 amide bonds. The maximum atomic E-state index is 13.1. The van der Waals surface area contributed by atoms with Crippen LogP contribution in [-0.4, -0.2) is 43.0 Å². The van der Waals surface area contributed by atoms with Crippen molar-refractivity contribution in [1.82, 2.24) is 4.90 Å². The average Bonchev–Trinajstić information content (AvgIpc) is 3.23. The van der Waals surface area contributed by atoms with E-state index in [-0.39, 0.29) is 11.9 Å². The summed E-state index contributed by atoms with van der Waals surface area (Å²) in [6, 6.07) is 12.9. The molecule has 0 saturated carbocycles. The van der Waals surface area contributed by atoms with Crippen molar-refractivity contribution in [3.8, 4) is 0 Å². The van der Waals surface area contributed by atoms with Crippen LogP contribution in [0.25, 0.3) is 0 Å². The van der Waals surface area contributed by atoms with Crippen LogP contribution >= 0.6 is 0 Å². The van der Waals surface area contributed by atoms with E-state index in [1.807, 2.05) is 62.1 Å². The third kappa shape index (κ3) is 5.08. The van der Waals surface area contributed by atoms with Gasteiger partial charge in [-0.05, 0) is 69.5 Å². The van der Waals surface area contributed by atoms with Crippen molar-refractivity contribution in [2.45, 2.75) is 33.6 Å². The molecule has 0 radical (unpaired) electrons. The Morgan fingerprint density at radius 1 is 0.966 bits per heavy atom. The Kier molecular flexibility index (Phi) is 6.75. The largest absolute Gasteiger partial charge is 0.371 e. The minimum atomic E-state index is -0.328. The van der Waals surface area contributed by atoms with Crippen LogP contribution in [0.2, 0.25) is 0 Å². The first kappa shape index (κ1) is 20.7. The highest BCUT2D eigenvalue weighted by atomic mass is 16.2. The van der Waals surface area contributed by atoms with Crippen LogP contribution in [0.15, 0.2) is 42.5 Å². The summed E-state index contributed by atoms with van der Waals surface area (Å²) in [4.78, 5) is 29.6. The van der Waals surface area contributed by atoms with Gasteiger partial charge in [-0.25, -0.2) is 4.79 Å². The van der Waals surface area contributed by atoms with Gasteiger partial charge >= 0.3 is 6.03 Å². The highest BCUT2D eigenvalue weighted by Gasteiger charge is 2.23. The number of amides is 3. The smallest absolute Gasteiger partial charge is 0.323 e. The number of rotatable bonds is 6. The molecule has 0 atom stereocenters. The standard InChI is InChI=1S/C23H30N4O2/c1-4-26(5-2)22(28)20-16-19(11-12-21(20)27-13-6-7-14-27)25-23(29)24-18-10-8-9-17(3)15-18/h8-12,15-16H,4-7,13-14H2,1-3H3,(H2,24,25,29). The monoisotopic (exact) mass is 394 g/mol. The lowest BCUT2D eigenvalue weighted by molar-refractivity contribution is 0.0773. The number of hydrogen-bond acceptors (Lipinski definition) is 3. The molecule has 3 rings (SSSR count). The van der Waals surface area contributed by atoms with Gasteiger partial charge in [0.25, 0.3) is 5.91 Å². The lowest BCUT2D eigenvalue weighted by Crippen LogP contribution is -2.32. The molecule has 6 nitrogen and oxygen atoms in total. The maximum absolute atomic E-state index is 13.1. The fourth-order valence-corrected chi connectivity index (χ4v) is 3.72. The zero-order valence-corrected chi connectivity index (χ0v) is 17.5. The van der Waals surface area contributed by atoms with Gasteiger partial charge < -0.3 is 20.4 Å². The fraction of sp³-hybridized carbons (Fsp3) is 0.391. The van der Waals surface area contributed by atoms with Gasteiger partial charge in [-0.15, -0.1) is 0 Å². The molecule has 0 bridgehead atoms. The minimum absolute atomic E-state index is 0.000331. The first-order valence-corrected chi connectivity index (χ1v) is 10.3. The van der Waals surface area contributed by atoms with E-state index >= 15 is 0 Å². The molecule has 2 aromatic carbocycles. The highest BCUT2D eigenvalue weighted by Crippen LogP contribution is 2.29. The Morgan fingerprint density at radius 2 is 1.62 bits per heavy atom. The first-order valence-electron chi connectivity index (χ1n) is 10.3. The van der Waals surface area contributed by atoms with Crippen LogP contribution in [0.1, 0.15) is 42.6 Å². The Bertz CT molecular complexity index is 871. The van der Waals surface area contributed by atoms with Crippen LogP contribution in [0.3, 0.4) is 0 Å². The molecular weight excluding hydrogens is 364 g/mol. The molecule has 1 aliphatic heterocycles. The van der Waals surface area contributed by atoms with Gasteiger partial charge in [-0.3, -0.25) is 4.79 Å². The Labute approximate surface area is 172 Å². The number of anilines is 3. The predicted molar refractivity (Wildman–Crippen MR) is 119 cm³/mol. The molecule has 1 heterocycles. The third-order valence-electron chi connectivity index (χ3n) is 5.26. The number of nitrogens with zero attached hydrogens (tertiary/aromatic N) is 2. The van der Waals surface area contributed by atoms with E-state index in [0.29, 0.717) is 24.3 Å². The third-order valence-corrected chi connectivity index (χ3v) is 5.26. The zero-order valence-electron chi connectivity index (χ0n) is 17.5. The first-order chi connectivity index (χ1) is 14.0. The van der Waals surface area contributed by atoms with Crippen molar-refractivity contribution in [3.05, 3.63) is 53.6 Å². The number of hydrogen-bond donors (Lipinski definition) is 2. The van der Waals surface area contributed by atoms with Crippen molar-refractivity contribution in [2.75, 3.05) is 41.7 Å². The van der Waals surface area contributed by atoms with E-state index in [0.717, 1.165) is 42.9 Å². The van der Waals surface area contributed by atoms with E-state index in [4.69, 9.17) is 0 Å². The molecule has 0 unspecified atom stereocenters. The van der Waals surface area contributed by atoms with Gasteiger partial charge in [0.2, 0.25) is 0 Å². The summed E-state index contributed by atoms with van der Waals surface area (Å²) in [7, 11) is 0. The minimum Gasteiger partial charge on any atom is -0.371 e. The van der Waals surface area contributed by atoms with Gasteiger partial charge in [-0.2, -0.15) is 0 Å². The molecule has 1 saturated heterocycles. The van der Waals surface area contributed by atoms with E-state index in [9.17, 15) is 9.59 Å². The number of benzene rings is 2. The number of urea groups is 1. The van der Waals surface area contributed by atoms with Crippen molar-refractivity contribution < 1.29 is 9.59 Å². The summed E-state index contributed by atoms with van der Waals surface area (Å²) in [5.74, 6) is -0.000331. The highest BCUT2D eigenvalue weighted by molar-refractivity contribution is 6.04. The molecule has 1 fully saturated rings. The summed E-state index contributed by atoms with van der Waals surface area (Å²) in [5, 5.41) is 5.70. The van der Waals surface area contributed by atoms with E-state index in [1.165, 1.54) is 0 Å². The summed E-state index contributed by atoms with van der Waals surface area (Å²) >= 11 is 0. The molecule has 2 N–H and O–H groups in total. The van der Waals surface area contributed by atoms with Gasteiger partial charge in [0, 0.05) is 43.2 Å². The number of aryl methyl sites for hydroxylation is 1. The van der Waals surface area contributed by atoms with Crippen LogP contribution in [-0.2, 0) is 0 Å². The SMILES string of the molecule is CCN(CC)C(=O)c1cc(NC(=O)Nc2cccc(C)c2)ccc1N1CCCC1. The molecule has 29 heavy (non-hydrogen) atoms. The molecule has 2 aromatic rings. The van der Waals surface area contributed by atoms with Crippen molar-refractivity contribution in [1.29, 1.82) is 0 Å². The van der Waals surface area contributed by atoms with E-state index in [1.54, 1.807) is 6.07 Å². The topological polar surface area (TPSA) is 64.7 Å². The summed E-state index contributed by atoms with van der Waals surface area (Å²) < 4.78 is 0. The van der Waals surface area contributed by atoms with Gasteiger partial charge in [-0.1, -0.05) is 12.1 Å². The van der Waals surface area contributed by atoms with Gasteiger partial charge in [0.05, 0.1) is 5.56 Å². The lowest BCUT2D eigenvalue weighted by atomic mass is 10.1. The summed E-state index contributed by atoms with van der Waals surface area (Å²) in [5.41, 5.74) is 4.00. The lowest BCUT2D eigenvalue weighted by Gasteiger charge is -2.25. The second kappa shape index (κ2) is 9.45. The molecule has 6 heteroatoms. The van der Waals surface area contributed by atoms with Crippen LogP contribution < -0.4 is 15.5 Å². The summed E-state index contributed by atoms with van der Waals surface area (Å²) in [6.45, 7) is 9.16. The quantitative estimate of drug-likeness (QED) is 0.745. The molecule has 1 aliphatic rings. The molecule has 0 aliphatic carbocycles. The Balaban J connectivity index is 1.82. The number of nitrogens with one attached hydrogen (secondary N) is 2. The number of carbonyl (C=O) groups is 2. The van der Waals surface area contributed by atoms with Crippen molar-refractivity contribution >= 4 is 29.0 Å². The summed E-state index contributed by atoms with van der Waals surface area (Å²) in [6.07, 6.45) is 2.27. The van der Waals surface area contributed by atoms with E-state index < -0.39 is 0 Å². The Hall–Kier alpha value is -3.02. The Morgan fingerprint density at radius 3 is 2.24 bits per heavy atom. The van der Waals surface area contributed by atoms with Crippen LogP contribution in [0, 0.1) is 6.92 Å². The molecule has 0 spiro atoms. The van der Waals surface area contributed by atoms with E-state index in [2.05, 4.69) is 15.5 Å². The van der Waals surface area contributed by atoms with Crippen LogP contribution in [0.5, 0.6) is 0 Å². The predicted octanol–water partition coefficient (Wildman–Crippen LogP) is 4.72. The zero-order chi connectivity index (χ0) is 20.8. The molecule has 0 aromatic heterocycles. The van der Waals surface area contributed by atoms with Gasteiger partial charge in [0.1, 0.15) is 0 Å². The van der Waals surface area contributed by atoms with Crippen molar-refractivity contribution in [3.63, 3.8) is 0 Å². The normalized spacial score (nSPS) is 13.3. The second-order valence-electron chi connectivity index (χ2n) is 7.35.